The maximum absolute atomic E-state index is 12.6. The van der Waals surface area contributed by atoms with Gasteiger partial charge in [-0.05, 0) is 31.9 Å². The fourth-order valence-electron chi connectivity index (χ4n) is 2.20. The number of hydrogen-bond acceptors (Lipinski definition) is 4. The molecule has 0 saturated carbocycles. The van der Waals surface area contributed by atoms with Crippen LogP contribution in [0, 0.1) is 20.8 Å². The number of hydrogen-bond donors (Lipinski definition) is 1. The average molecular weight is 315 g/mol. The molecule has 0 aromatic heterocycles. The van der Waals surface area contributed by atoms with E-state index < -0.39 is 22.6 Å². The fourth-order valence-corrected chi connectivity index (χ4v) is 3.76. The predicted octanol–water partition coefficient (Wildman–Crippen LogP) is 1.33. The third kappa shape index (κ3) is 4.52. The topological polar surface area (TPSA) is 83.9 Å². The second-order valence-electron chi connectivity index (χ2n) is 5.00. The fraction of sp³-hybridized carbons (Fsp3) is 0.500. The minimum absolute atomic E-state index is 0.0337. The summed E-state index contributed by atoms with van der Waals surface area (Å²) in [4.78, 5) is 10.6. The summed E-state index contributed by atoms with van der Waals surface area (Å²) in [5, 5.41) is 8.46. The summed E-state index contributed by atoms with van der Waals surface area (Å²) < 4.78 is 31.2. The summed E-state index contributed by atoms with van der Waals surface area (Å²) in [7, 11) is -2.16. The zero-order chi connectivity index (χ0) is 16.2. The van der Waals surface area contributed by atoms with E-state index in [2.05, 4.69) is 0 Å². The number of carboxylic acid groups (broad SMARTS) is 1. The van der Waals surface area contributed by atoms with E-state index in [9.17, 15) is 13.2 Å². The minimum Gasteiger partial charge on any atom is -0.480 e. The van der Waals surface area contributed by atoms with E-state index in [1.165, 1.54) is 11.4 Å². The highest BCUT2D eigenvalue weighted by molar-refractivity contribution is 7.89. The first-order valence-corrected chi connectivity index (χ1v) is 7.94. The van der Waals surface area contributed by atoms with Crippen molar-refractivity contribution in [3.63, 3.8) is 0 Å². The van der Waals surface area contributed by atoms with Crippen LogP contribution < -0.4 is 0 Å². The standard InChI is InChI=1S/C14H21NO5S/c1-10-7-11(2)14(12(3)8-10)21(18,19)15(4)5-6-20-9-13(16)17/h7-8H,5-6,9H2,1-4H3,(H,16,17). The molecule has 0 aliphatic carbocycles. The van der Waals surface area contributed by atoms with Gasteiger partial charge in [0.25, 0.3) is 0 Å². The molecule has 1 aromatic rings. The van der Waals surface area contributed by atoms with Gasteiger partial charge in [0.1, 0.15) is 6.61 Å². The highest BCUT2D eigenvalue weighted by atomic mass is 32.2. The molecule has 0 amide bonds. The number of rotatable bonds is 7. The molecule has 6 nitrogen and oxygen atoms in total. The Balaban J connectivity index is 2.88. The lowest BCUT2D eigenvalue weighted by Crippen LogP contribution is -2.31. The molecule has 1 aromatic carbocycles. The molecule has 0 spiro atoms. The summed E-state index contributed by atoms with van der Waals surface area (Å²) in [6.07, 6.45) is 0. The molecule has 0 heterocycles. The van der Waals surface area contributed by atoms with Crippen molar-refractivity contribution in [2.45, 2.75) is 25.7 Å². The third-order valence-electron chi connectivity index (χ3n) is 3.05. The Morgan fingerprint density at radius 1 is 1.24 bits per heavy atom. The Labute approximate surface area is 125 Å². The molecule has 0 atom stereocenters. The van der Waals surface area contributed by atoms with Crippen LogP contribution in [0.2, 0.25) is 0 Å². The Kier molecular flexibility index (Phi) is 5.88. The number of aliphatic carboxylic acids is 1. The van der Waals surface area contributed by atoms with Gasteiger partial charge in [0, 0.05) is 13.6 Å². The maximum atomic E-state index is 12.6. The second kappa shape index (κ2) is 7.02. The van der Waals surface area contributed by atoms with E-state index in [1.807, 2.05) is 19.1 Å². The molecule has 21 heavy (non-hydrogen) atoms. The van der Waals surface area contributed by atoms with Crippen molar-refractivity contribution in [1.29, 1.82) is 0 Å². The van der Waals surface area contributed by atoms with Crippen molar-refractivity contribution in [2.24, 2.45) is 0 Å². The number of likely N-dealkylation sites (N-methyl/N-ethyl adjacent to an activating group) is 1. The lowest BCUT2D eigenvalue weighted by atomic mass is 10.1. The molecule has 0 radical (unpaired) electrons. The van der Waals surface area contributed by atoms with E-state index in [1.54, 1.807) is 13.8 Å². The predicted molar refractivity (Wildman–Crippen MR) is 78.9 cm³/mol. The second-order valence-corrected chi connectivity index (χ2v) is 6.98. The van der Waals surface area contributed by atoms with Gasteiger partial charge >= 0.3 is 5.97 Å². The number of sulfonamides is 1. The first kappa shape index (κ1) is 17.6. The van der Waals surface area contributed by atoms with E-state index in [-0.39, 0.29) is 13.2 Å². The summed E-state index contributed by atoms with van der Waals surface area (Å²) in [5.74, 6) is -1.08. The van der Waals surface area contributed by atoms with Crippen LogP contribution in [-0.2, 0) is 19.6 Å². The molecule has 118 valence electrons. The molecule has 0 saturated heterocycles. The molecule has 0 fully saturated rings. The SMILES string of the molecule is Cc1cc(C)c(S(=O)(=O)N(C)CCOCC(=O)O)c(C)c1. The van der Waals surface area contributed by atoms with Crippen LogP contribution in [0.25, 0.3) is 0 Å². The van der Waals surface area contributed by atoms with Gasteiger partial charge in [-0.3, -0.25) is 0 Å². The van der Waals surface area contributed by atoms with Crippen molar-refractivity contribution < 1.29 is 23.1 Å². The van der Waals surface area contributed by atoms with Crippen molar-refractivity contribution in [2.75, 3.05) is 26.8 Å². The van der Waals surface area contributed by atoms with Gasteiger partial charge in [-0.1, -0.05) is 17.7 Å². The Morgan fingerprint density at radius 3 is 2.24 bits per heavy atom. The van der Waals surface area contributed by atoms with Crippen molar-refractivity contribution in [1.82, 2.24) is 4.31 Å². The lowest BCUT2D eigenvalue weighted by Gasteiger charge is -2.20. The number of carboxylic acids is 1. The third-order valence-corrected chi connectivity index (χ3v) is 5.21. The van der Waals surface area contributed by atoms with Crippen molar-refractivity contribution in [3.8, 4) is 0 Å². The number of carbonyl (C=O) groups is 1. The van der Waals surface area contributed by atoms with Gasteiger partial charge in [-0.25, -0.2) is 13.2 Å². The Bertz CT molecular complexity index is 601. The van der Waals surface area contributed by atoms with Crippen LogP contribution >= 0.6 is 0 Å². The molecule has 1 N–H and O–H groups in total. The van der Waals surface area contributed by atoms with Crippen molar-refractivity contribution >= 4 is 16.0 Å². The zero-order valence-electron chi connectivity index (χ0n) is 12.7. The summed E-state index contributed by atoms with van der Waals surface area (Å²) in [5.41, 5.74) is 2.41. The molecule has 7 heteroatoms. The van der Waals surface area contributed by atoms with E-state index in [4.69, 9.17) is 9.84 Å². The monoisotopic (exact) mass is 315 g/mol. The Morgan fingerprint density at radius 2 is 1.76 bits per heavy atom. The molecule has 0 aliphatic heterocycles. The first-order valence-electron chi connectivity index (χ1n) is 6.50. The maximum Gasteiger partial charge on any atom is 0.329 e. The van der Waals surface area contributed by atoms with Crippen LogP contribution in [0.4, 0.5) is 0 Å². The van der Waals surface area contributed by atoms with Gasteiger partial charge in [0.15, 0.2) is 0 Å². The minimum atomic E-state index is -3.61. The van der Waals surface area contributed by atoms with E-state index >= 15 is 0 Å². The number of nitrogens with zero attached hydrogens (tertiary/aromatic N) is 1. The molecular weight excluding hydrogens is 294 g/mol. The van der Waals surface area contributed by atoms with Crippen LogP contribution in [-0.4, -0.2) is 50.6 Å². The highest BCUT2D eigenvalue weighted by Gasteiger charge is 2.24. The first-order chi connectivity index (χ1) is 9.66. The molecule has 0 aliphatic rings. The highest BCUT2D eigenvalue weighted by Crippen LogP contribution is 2.24. The molecular formula is C14H21NO5S. The van der Waals surface area contributed by atoms with Crippen LogP contribution in [0.5, 0.6) is 0 Å². The summed E-state index contributed by atoms with van der Waals surface area (Å²) in [6, 6.07) is 3.66. The molecule has 1 rings (SSSR count). The normalized spacial score (nSPS) is 11.9. The quantitative estimate of drug-likeness (QED) is 0.768. The van der Waals surface area contributed by atoms with Crippen LogP contribution in [0.15, 0.2) is 17.0 Å². The largest absolute Gasteiger partial charge is 0.480 e. The van der Waals surface area contributed by atoms with E-state index in [0.717, 1.165) is 5.56 Å². The van der Waals surface area contributed by atoms with Gasteiger partial charge in [0.2, 0.25) is 10.0 Å². The summed E-state index contributed by atoms with van der Waals surface area (Å²) >= 11 is 0. The van der Waals surface area contributed by atoms with Crippen LogP contribution in [0.1, 0.15) is 16.7 Å². The smallest absolute Gasteiger partial charge is 0.329 e. The number of ether oxygens (including phenoxy) is 1. The summed E-state index contributed by atoms with van der Waals surface area (Å²) in [6.45, 7) is 5.15. The zero-order valence-corrected chi connectivity index (χ0v) is 13.5. The van der Waals surface area contributed by atoms with Gasteiger partial charge in [-0.2, -0.15) is 4.31 Å². The van der Waals surface area contributed by atoms with Crippen LogP contribution in [0.3, 0.4) is 0 Å². The number of aryl methyl sites for hydroxylation is 3. The number of benzene rings is 1. The molecule has 0 bridgehead atoms. The Hall–Kier alpha value is -1.44. The molecule has 0 unspecified atom stereocenters. The van der Waals surface area contributed by atoms with E-state index in [0.29, 0.717) is 16.0 Å². The average Bonchev–Trinajstić information content (AvgIpc) is 2.32. The van der Waals surface area contributed by atoms with Gasteiger partial charge < -0.3 is 9.84 Å². The van der Waals surface area contributed by atoms with Gasteiger partial charge in [0.05, 0.1) is 11.5 Å². The van der Waals surface area contributed by atoms with Crippen molar-refractivity contribution in [3.05, 3.63) is 28.8 Å². The van der Waals surface area contributed by atoms with Gasteiger partial charge in [-0.15, -0.1) is 0 Å². The lowest BCUT2D eigenvalue weighted by molar-refractivity contribution is -0.142.